The van der Waals surface area contributed by atoms with Crippen LogP contribution in [-0.4, -0.2) is 18.5 Å². The number of allylic oxidation sites excluding steroid dienone is 1. The summed E-state index contributed by atoms with van der Waals surface area (Å²) >= 11 is 0. The Morgan fingerprint density at radius 3 is 3.00 bits per heavy atom. The summed E-state index contributed by atoms with van der Waals surface area (Å²) in [7, 11) is 0. The van der Waals surface area contributed by atoms with Gasteiger partial charge in [-0.15, -0.1) is 0 Å². The number of benzene rings is 1. The molecule has 0 saturated heterocycles. The minimum absolute atomic E-state index is 0.0798. The molecule has 2 rings (SSSR count). The fourth-order valence-corrected chi connectivity index (χ4v) is 1.32. The van der Waals surface area contributed by atoms with Crippen molar-refractivity contribution in [3.8, 4) is 0 Å². The lowest BCUT2D eigenvalue weighted by molar-refractivity contribution is 0.100. The average Bonchev–Trinajstić information content (AvgIpc) is 2.14. The largest absolute Gasteiger partial charge is 0.292 e. The van der Waals surface area contributed by atoms with E-state index >= 15 is 0 Å². The number of ketones is 1. The van der Waals surface area contributed by atoms with Gasteiger partial charge in [0.05, 0.1) is 0 Å². The fourth-order valence-electron chi connectivity index (χ4n) is 1.32. The molecule has 1 aromatic rings. The molecule has 0 bridgehead atoms. The zero-order valence-electron chi connectivity index (χ0n) is 7.10. The molecule has 13 heavy (non-hydrogen) atoms. The summed E-state index contributed by atoms with van der Waals surface area (Å²) in [6, 6.07) is 7.57. The summed E-state index contributed by atoms with van der Waals surface area (Å²) in [5, 5.41) is 0. The van der Waals surface area contributed by atoms with Crippen molar-refractivity contribution >= 4 is 18.1 Å². The second-order valence-electron chi connectivity index (χ2n) is 2.86. The highest BCUT2D eigenvalue weighted by Crippen LogP contribution is 2.12. The van der Waals surface area contributed by atoms with Gasteiger partial charge in [0.25, 0.3) is 0 Å². The molecule has 1 aromatic carbocycles. The van der Waals surface area contributed by atoms with Crippen LogP contribution in [0, 0.1) is 0 Å². The minimum Gasteiger partial charge on any atom is -0.292 e. The number of fused-ring (bicyclic) bond motifs is 1. The van der Waals surface area contributed by atoms with Crippen molar-refractivity contribution < 1.29 is 4.79 Å². The van der Waals surface area contributed by atoms with Gasteiger partial charge in [0.2, 0.25) is 0 Å². The molecule has 0 aromatic heterocycles. The van der Waals surface area contributed by atoms with Crippen LogP contribution in [0.25, 0.3) is 6.08 Å². The van der Waals surface area contributed by atoms with Gasteiger partial charge in [-0.3, -0.25) is 9.79 Å². The summed E-state index contributed by atoms with van der Waals surface area (Å²) in [6.07, 6.45) is 5.41. The van der Waals surface area contributed by atoms with E-state index in [-0.39, 0.29) is 12.3 Å². The van der Waals surface area contributed by atoms with Crippen LogP contribution in [-0.2, 0) is 0 Å². The van der Waals surface area contributed by atoms with E-state index in [1.165, 1.54) is 0 Å². The van der Waals surface area contributed by atoms with E-state index in [2.05, 4.69) is 4.99 Å². The lowest BCUT2D eigenvalue weighted by Gasteiger charge is -2.04. The third kappa shape index (κ3) is 1.56. The summed E-state index contributed by atoms with van der Waals surface area (Å²) in [5.41, 5.74) is 1.73. The van der Waals surface area contributed by atoms with Gasteiger partial charge in [0.1, 0.15) is 6.54 Å². The van der Waals surface area contributed by atoms with Gasteiger partial charge in [0.15, 0.2) is 5.78 Å². The molecule has 0 unspecified atom stereocenters. The number of carbonyl (C=O) groups is 1. The molecular formula is C11H9NO. The third-order valence-corrected chi connectivity index (χ3v) is 1.96. The van der Waals surface area contributed by atoms with Gasteiger partial charge >= 0.3 is 0 Å². The zero-order valence-corrected chi connectivity index (χ0v) is 7.10. The maximum absolute atomic E-state index is 11.5. The predicted molar refractivity (Wildman–Crippen MR) is 53.2 cm³/mol. The van der Waals surface area contributed by atoms with E-state index in [0.717, 1.165) is 11.1 Å². The molecule has 1 aliphatic rings. The van der Waals surface area contributed by atoms with Gasteiger partial charge in [-0.25, -0.2) is 0 Å². The molecule has 1 heterocycles. The Morgan fingerprint density at radius 2 is 2.08 bits per heavy atom. The van der Waals surface area contributed by atoms with Gasteiger partial charge < -0.3 is 0 Å². The van der Waals surface area contributed by atoms with E-state index < -0.39 is 0 Å². The van der Waals surface area contributed by atoms with E-state index in [0.29, 0.717) is 0 Å². The molecule has 0 saturated carbocycles. The normalized spacial score (nSPS) is 14.9. The van der Waals surface area contributed by atoms with Crippen LogP contribution in [0.1, 0.15) is 15.9 Å². The first-order valence-electron chi connectivity index (χ1n) is 4.16. The summed E-state index contributed by atoms with van der Waals surface area (Å²) in [5.74, 6) is 0.0798. The number of rotatable bonds is 0. The highest BCUT2D eigenvalue weighted by Gasteiger charge is 2.08. The topological polar surface area (TPSA) is 29.4 Å². The van der Waals surface area contributed by atoms with E-state index in [4.69, 9.17) is 0 Å². The maximum Gasteiger partial charge on any atom is 0.184 e. The highest BCUT2D eigenvalue weighted by atomic mass is 16.1. The fraction of sp³-hybridized carbons (Fsp3) is 0.0909. The van der Waals surface area contributed by atoms with Crippen molar-refractivity contribution in [1.82, 2.24) is 0 Å². The number of nitrogens with zero attached hydrogens (tertiary/aromatic N) is 1. The lowest BCUT2D eigenvalue weighted by atomic mass is 10.0. The molecule has 0 radical (unpaired) electrons. The van der Waals surface area contributed by atoms with Crippen LogP contribution in [0.15, 0.2) is 35.3 Å². The van der Waals surface area contributed by atoms with Gasteiger partial charge in [-0.1, -0.05) is 30.3 Å². The van der Waals surface area contributed by atoms with Gasteiger partial charge in [-0.05, 0) is 11.6 Å². The van der Waals surface area contributed by atoms with Crippen LogP contribution in [0.3, 0.4) is 0 Å². The molecule has 2 heteroatoms. The zero-order chi connectivity index (χ0) is 9.10. The van der Waals surface area contributed by atoms with Crippen molar-refractivity contribution in [2.75, 3.05) is 6.54 Å². The molecule has 0 atom stereocenters. The third-order valence-electron chi connectivity index (χ3n) is 1.96. The minimum atomic E-state index is 0.0798. The summed E-state index contributed by atoms with van der Waals surface area (Å²) < 4.78 is 0. The smallest absolute Gasteiger partial charge is 0.184 e. The van der Waals surface area contributed by atoms with Crippen molar-refractivity contribution in [2.45, 2.75) is 0 Å². The second-order valence-corrected chi connectivity index (χ2v) is 2.86. The van der Waals surface area contributed by atoms with Crippen LogP contribution in [0.5, 0.6) is 0 Å². The average molecular weight is 171 g/mol. The molecule has 0 amide bonds. The Bertz CT molecular complexity index is 391. The number of hydrogen-bond acceptors (Lipinski definition) is 2. The van der Waals surface area contributed by atoms with Crippen molar-refractivity contribution in [1.29, 1.82) is 0 Å². The molecule has 0 aliphatic carbocycles. The Morgan fingerprint density at radius 1 is 1.23 bits per heavy atom. The number of carbonyl (C=O) groups excluding carboxylic acids is 1. The van der Waals surface area contributed by atoms with Gasteiger partial charge in [0, 0.05) is 11.8 Å². The molecule has 0 N–H and O–H groups in total. The van der Waals surface area contributed by atoms with Crippen molar-refractivity contribution in [3.05, 3.63) is 41.5 Å². The predicted octanol–water partition coefficient (Wildman–Crippen LogP) is 1.97. The molecule has 2 nitrogen and oxygen atoms in total. The SMILES string of the molecule is O=C1CN=CC=Cc2ccccc21. The second kappa shape index (κ2) is 3.35. The number of hydrogen-bond donors (Lipinski definition) is 0. The number of aliphatic imine (C=N–C) groups is 1. The van der Waals surface area contributed by atoms with E-state index in [1.807, 2.05) is 36.4 Å². The first kappa shape index (κ1) is 7.92. The maximum atomic E-state index is 11.5. The molecule has 0 fully saturated rings. The number of Topliss-reactive ketones (excluding diaryl/α,β-unsaturated/α-hetero) is 1. The van der Waals surface area contributed by atoms with Gasteiger partial charge in [-0.2, -0.15) is 0 Å². The monoisotopic (exact) mass is 171 g/mol. The molecule has 64 valence electrons. The first-order valence-corrected chi connectivity index (χ1v) is 4.16. The molecular weight excluding hydrogens is 162 g/mol. The van der Waals surface area contributed by atoms with Crippen LogP contribution < -0.4 is 0 Å². The van der Waals surface area contributed by atoms with E-state index in [9.17, 15) is 4.79 Å². The van der Waals surface area contributed by atoms with Crippen LogP contribution in [0.4, 0.5) is 0 Å². The Kier molecular flexibility index (Phi) is 2.04. The van der Waals surface area contributed by atoms with Crippen LogP contribution in [0.2, 0.25) is 0 Å². The summed E-state index contributed by atoms with van der Waals surface area (Å²) in [6.45, 7) is 0.251. The first-order chi connectivity index (χ1) is 6.38. The quantitative estimate of drug-likeness (QED) is 0.586. The van der Waals surface area contributed by atoms with Crippen molar-refractivity contribution in [3.63, 3.8) is 0 Å². The molecule has 1 aliphatic heterocycles. The Balaban J connectivity index is 2.55. The highest BCUT2D eigenvalue weighted by molar-refractivity contribution is 6.03. The lowest BCUT2D eigenvalue weighted by Crippen LogP contribution is -2.06. The summed E-state index contributed by atoms with van der Waals surface area (Å²) in [4.78, 5) is 15.5. The van der Waals surface area contributed by atoms with Crippen molar-refractivity contribution in [2.24, 2.45) is 4.99 Å². The molecule has 0 spiro atoms. The Hall–Kier alpha value is -1.70. The van der Waals surface area contributed by atoms with Crippen LogP contribution >= 0.6 is 0 Å². The Labute approximate surface area is 76.6 Å². The standard InChI is InChI=1S/C11H9NO/c13-11-8-12-7-3-5-9-4-1-2-6-10(9)11/h1-7H,8H2. The van der Waals surface area contributed by atoms with E-state index in [1.54, 1.807) is 6.21 Å².